The summed E-state index contributed by atoms with van der Waals surface area (Å²) < 4.78 is 0. The van der Waals surface area contributed by atoms with E-state index < -0.39 is 0 Å². The summed E-state index contributed by atoms with van der Waals surface area (Å²) in [4.78, 5) is 0. The van der Waals surface area contributed by atoms with Crippen LogP contribution >= 0.6 is 11.8 Å². The van der Waals surface area contributed by atoms with Crippen LogP contribution in [0.1, 0.15) is 12.8 Å². The minimum atomic E-state index is 0.891. The first kappa shape index (κ1) is 8.65. The van der Waals surface area contributed by atoms with Crippen molar-refractivity contribution in [1.82, 2.24) is 0 Å². The molecule has 0 spiro atoms. The van der Waals surface area contributed by atoms with Crippen LogP contribution in [0.5, 0.6) is 0 Å². The van der Waals surface area contributed by atoms with Crippen molar-refractivity contribution in [2.75, 3.05) is 11.5 Å². The fourth-order valence-electron chi connectivity index (χ4n) is 0.400. The minimum Gasteiger partial charge on any atom is -0.161 e. The van der Waals surface area contributed by atoms with Gasteiger partial charge in [0.05, 0.1) is 0 Å². The molecule has 0 aromatic rings. The van der Waals surface area contributed by atoms with Crippen LogP contribution in [0.2, 0.25) is 0 Å². The summed E-state index contributed by atoms with van der Waals surface area (Å²) in [6.07, 6.45) is 8.98. The van der Waals surface area contributed by atoms with Crippen LogP contribution in [0, 0.1) is 12.3 Å². The van der Waals surface area contributed by atoms with Gasteiger partial charge in [0.1, 0.15) is 0 Å². The quantitative estimate of drug-likeness (QED) is 0.321. The first-order valence-electron chi connectivity index (χ1n) is 3.04. The van der Waals surface area contributed by atoms with Crippen LogP contribution in [-0.4, -0.2) is 11.5 Å². The molecule has 0 rings (SSSR count). The van der Waals surface area contributed by atoms with Crippen molar-refractivity contribution in [2.45, 2.75) is 12.8 Å². The maximum atomic E-state index is 5.06. The summed E-state index contributed by atoms with van der Waals surface area (Å²) in [6, 6.07) is 0. The Morgan fingerprint density at radius 1 is 1.56 bits per heavy atom. The number of thioether (sulfide) groups is 1. The van der Waals surface area contributed by atoms with Gasteiger partial charge in [0.2, 0.25) is 0 Å². The highest BCUT2D eigenvalue weighted by Gasteiger charge is 1.82. The molecular weight excluding hydrogens is 128 g/mol. The van der Waals surface area contributed by atoms with Crippen LogP contribution in [0.3, 0.4) is 0 Å². The molecule has 0 aliphatic rings. The number of terminal acetylenes is 1. The van der Waals surface area contributed by atoms with E-state index in [4.69, 9.17) is 6.42 Å². The first-order valence-corrected chi connectivity index (χ1v) is 4.19. The highest BCUT2D eigenvalue weighted by molar-refractivity contribution is 7.99. The van der Waals surface area contributed by atoms with Gasteiger partial charge in [-0.2, -0.15) is 11.8 Å². The Kier molecular flexibility index (Phi) is 7.35. The molecular formula is C8H12S. The predicted molar refractivity (Wildman–Crippen MR) is 45.6 cm³/mol. The van der Waals surface area contributed by atoms with Crippen LogP contribution < -0.4 is 0 Å². The molecule has 0 unspecified atom stereocenters. The molecule has 0 heterocycles. The molecule has 0 N–H and O–H groups in total. The average Bonchev–Trinajstić information content (AvgIpc) is 1.89. The Labute approximate surface area is 61.7 Å². The van der Waals surface area contributed by atoms with Gasteiger partial charge in [-0.05, 0) is 12.2 Å². The lowest BCUT2D eigenvalue weighted by Crippen LogP contribution is -1.78. The van der Waals surface area contributed by atoms with E-state index in [1.54, 1.807) is 0 Å². The molecule has 0 radical (unpaired) electrons. The van der Waals surface area contributed by atoms with Gasteiger partial charge in [0.15, 0.2) is 0 Å². The lowest BCUT2D eigenvalue weighted by molar-refractivity contribution is 1.23. The van der Waals surface area contributed by atoms with Gasteiger partial charge in [-0.1, -0.05) is 6.08 Å². The van der Waals surface area contributed by atoms with E-state index in [1.165, 1.54) is 0 Å². The average molecular weight is 140 g/mol. The van der Waals surface area contributed by atoms with E-state index in [0.717, 1.165) is 24.3 Å². The molecule has 0 saturated carbocycles. The van der Waals surface area contributed by atoms with Gasteiger partial charge >= 0.3 is 0 Å². The summed E-state index contributed by atoms with van der Waals surface area (Å²) in [5.74, 6) is 4.84. The van der Waals surface area contributed by atoms with E-state index in [0.29, 0.717) is 0 Å². The predicted octanol–water partition coefficient (Wildman–Crippen LogP) is 2.32. The number of hydrogen-bond donors (Lipinski definition) is 0. The van der Waals surface area contributed by atoms with Gasteiger partial charge in [-0.25, -0.2) is 0 Å². The summed E-state index contributed by atoms with van der Waals surface area (Å²) >= 11 is 1.89. The van der Waals surface area contributed by atoms with Crippen molar-refractivity contribution in [3.63, 3.8) is 0 Å². The standard InChI is InChI=1S/C8H12S/c1-3-5-7-9-8-6-4-2/h1,4H,2,5-8H2. The molecule has 0 aromatic heterocycles. The van der Waals surface area contributed by atoms with Crippen molar-refractivity contribution in [3.8, 4) is 12.3 Å². The molecule has 0 amide bonds. The Balaban J connectivity index is 2.76. The normalized spacial score (nSPS) is 8.33. The Bertz CT molecular complexity index is 99.6. The fourth-order valence-corrected chi connectivity index (χ4v) is 1.20. The van der Waals surface area contributed by atoms with Gasteiger partial charge in [0, 0.05) is 12.2 Å². The SMILES string of the molecule is C#CCCSCCC=C. The van der Waals surface area contributed by atoms with Gasteiger partial charge < -0.3 is 0 Å². The maximum Gasteiger partial charge on any atom is 0.0177 e. The van der Waals surface area contributed by atoms with Gasteiger partial charge in [0.25, 0.3) is 0 Å². The summed E-state index contributed by atoms with van der Waals surface area (Å²) in [6.45, 7) is 3.62. The molecule has 0 nitrogen and oxygen atoms in total. The number of hydrogen-bond acceptors (Lipinski definition) is 1. The zero-order chi connectivity index (χ0) is 6.95. The summed E-state index contributed by atoms with van der Waals surface area (Å²) in [5.41, 5.74) is 0. The Morgan fingerprint density at radius 2 is 2.33 bits per heavy atom. The lowest BCUT2D eigenvalue weighted by Gasteiger charge is -1.92. The zero-order valence-electron chi connectivity index (χ0n) is 5.60. The molecule has 9 heavy (non-hydrogen) atoms. The van der Waals surface area contributed by atoms with Crippen molar-refractivity contribution < 1.29 is 0 Å². The van der Waals surface area contributed by atoms with Crippen LogP contribution in [0.15, 0.2) is 12.7 Å². The van der Waals surface area contributed by atoms with E-state index in [2.05, 4.69) is 12.5 Å². The van der Waals surface area contributed by atoms with Crippen molar-refractivity contribution in [3.05, 3.63) is 12.7 Å². The second-order valence-electron chi connectivity index (χ2n) is 1.64. The Hall–Kier alpha value is -0.350. The van der Waals surface area contributed by atoms with E-state index in [1.807, 2.05) is 17.8 Å². The zero-order valence-corrected chi connectivity index (χ0v) is 6.41. The van der Waals surface area contributed by atoms with E-state index in [9.17, 15) is 0 Å². The van der Waals surface area contributed by atoms with Crippen molar-refractivity contribution in [1.29, 1.82) is 0 Å². The molecule has 50 valence electrons. The summed E-state index contributed by atoms with van der Waals surface area (Å²) in [5, 5.41) is 0. The lowest BCUT2D eigenvalue weighted by atomic mass is 10.5. The molecule has 1 heteroatoms. The van der Waals surface area contributed by atoms with Crippen LogP contribution in [0.25, 0.3) is 0 Å². The molecule has 0 atom stereocenters. The molecule has 0 aromatic carbocycles. The highest BCUT2D eigenvalue weighted by Crippen LogP contribution is 2.03. The maximum absolute atomic E-state index is 5.06. The third-order valence-corrected chi connectivity index (χ3v) is 1.87. The third kappa shape index (κ3) is 7.65. The van der Waals surface area contributed by atoms with E-state index in [-0.39, 0.29) is 0 Å². The van der Waals surface area contributed by atoms with Crippen LogP contribution in [0.4, 0.5) is 0 Å². The number of allylic oxidation sites excluding steroid dienone is 1. The third-order valence-electron chi connectivity index (χ3n) is 0.857. The van der Waals surface area contributed by atoms with Gasteiger partial charge in [-0.3, -0.25) is 0 Å². The molecule has 0 fully saturated rings. The molecule has 0 saturated heterocycles. The number of rotatable bonds is 5. The molecule has 0 aliphatic carbocycles. The van der Waals surface area contributed by atoms with Crippen molar-refractivity contribution in [2.24, 2.45) is 0 Å². The largest absolute Gasteiger partial charge is 0.161 e. The van der Waals surface area contributed by atoms with Crippen LogP contribution in [-0.2, 0) is 0 Å². The topological polar surface area (TPSA) is 0 Å². The fraction of sp³-hybridized carbons (Fsp3) is 0.500. The first-order chi connectivity index (χ1) is 4.41. The second-order valence-corrected chi connectivity index (χ2v) is 2.87. The smallest absolute Gasteiger partial charge is 0.0177 e. The molecule has 0 aliphatic heterocycles. The second kappa shape index (κ2) is 7.65. The summed E-state index contributed by atoms with van der Waals surface area (Å²) in [7, 11) is 0. The highest BCUT2D eigenvalue weighted by atomic mass is 32.2. The monoisotopic (exact) mass is 140 g/mol. The van der Waals surface area contributed by atoms with Crippen molar-refractivity contribution >= 4 is 11.8 Å². The Morgan fingerprint density at radius 3 is 2.89 bits per heavy atom. The molecule has 0 bridgehead atoms. The minimum absolute atomic E-state index is 0.891. The van der Waals surface area contributed by atoms with Gasteiger partial charge in [-0.15, -0.1) is 18.9 Å². The van der Waals surface area contributed by atoms with E-state index >= 15 is 0 Å².